The van der Waals surface area contributed by atoms with E-state index in [1.54, 1.807) is 13.0 Å². The molecule has 0 saturated heterocycles. The van der Waals surface area contributed by atoms with Gasteiger partial charge in [-0.15, -0.1) is 0 Å². The van der Waals surface area contributed by atoms with E-state index in [2.05, 4.69) is 5.32 Å². The number of amides is 1. The van der Waals surface area contributed by atoms with Gasteiger partial charge in [0.15, 0.2) is 0 Å². The molecule has 1 atom stereocenters. The van der Waals surface area contributed by atoms with Gasteiger partial charge in [-0.25, -0.2) is 4.79 Å². The maximum Gasteiger partial charge on any atom is 0.337 e. The van der Waals surface area contributed by atoms with Gasteiger partial charge in [0.2, 0.25) is 5.91 Å². The van der Waals surface area contributed by atoms with Gasteiger partial charge in [0.25, 0.3) is 0 Å². The van der Waals surface area contributed by atoms with Crippen molar-refractivity contribution >= 4 is 23.5 Å². The number of ether oxygens (including phenoxy) is 1. The molecule has 0 fully saturated rings. The van der Waals surface area contributed by atoms with Gasteiger partial charge < -0.3 is 15.2 Å². The highest BCUT2D eigenvalue weighted by molar-refractivity contribution is 6.33. The van der Waals surface area contributed by atoms with E-state index in [4.69, 9.17) is 21.4 Å². The zero-order valence-electron chi connectivity index (χ0n) is 10.1. The molecule has 1 rings (SSSR count). The average molecular weight is 272 g/mol. The minimum absolute atomic E-state index is 0.0126. The van der Waals surface area contributed by atoms with Gasteiger partial charge >= 0.3 is 5.97 Å². The smallest absolute Gasteiger partial charge is 0.337 e. The number of rotatable bonds is 5. The molecule has 98 valence electrons. The fourth-order valence-electron chi connectivity index (χ4n) is 1.37. The van der Waals surface area contributed by atoms with Crippen molar-refractivity contribution in [3.63, 3.8) is 0 Å². The Morgan fingerprint density at radius 3 is 2.72 bits per heavy atom. The molecule has 0 heterocycles. The second kappa shape index (κ2) is 6.26. The number of benzene rings is 1. The molecule has 0 aliphatic carbocycles. The van der Waals surface area contributed by atoms with Gasteiger partial charge in [-0.3, -0.25) is 4.79 Å². The first kappa shape index (κ1) is 14.3. The van der Waals surface area contributed by atoms with Crippen LogP contribution in [0.2, 0.25) is 5.02 Å². The van der Waals surface area contributed by atoms with Crippen LogP contribution in [0.5, 0.6) is 5.75 Å². The number of halogens is 1. The quantitative estimate of drug-likeness (QED) is 0.858. The lowest BCUT2D eigenvalue weighted by molar-refractivity contribution is -0.119. The third-order valence-corrected chi connectivity index (χ3v) is 2.45. The molecule has 1 aromatic carbocycles. The molecule has 6 heteroatoms. The minimum Gasteiger partial charge on any atom is -0.491 e. The molecule has 0 radical (unpaired) electrons. The number of carbonyl (C=O) groups is 2. The summed E-state index contributed by atoms with van der Waals surface area (Å²) in [6, 6.07) is 4.23. The number of nitrogens with one attached hydrogen (secondary N) is 1. The number of carbonyl (C=O) groups excluding carboxylic acids is 1. The Labute approximate surface area is 110 Å². The third-order valence-electron chi connectivity index (χ3n) is 2.12. The Hall–Kier alpha value is -1.75. The van der Waals surface area contributed by atoms with Crippen LogP contribution in [0.4, 0.5) is 0 Å². The standard InChI is InChI=1S/C12H14ClNO4/c1-7(14-8(2)15)6-18-9-3-4-11(13)10(5-9)12(16)17/h3-5,7H,6H2,1-2H3,(H,14,15)(H,16,17). The molecule has 5 nitrogen and oxygen atoms in total. The lowest BCUT2D eigenvalue weighted by Gasteiger charge is -2.14. The van der Waals surface area contributed by atoms with Crippen molar-refractivity contribution in [1.82, 2.24) is 5.32 Å². The average Bonchev–Trinajstić information content (AvgIpc) is 2.26. The molecule has 1 unspecified atom stereocenters. The Balaban J connectivity index is 2.66. The summed E-state index contributed by atoms with van der Waals surface area (Å²) >= 11 is 5.73. The van der Waals surface area contributed by atoms with Gasteiger partial charge in [-0.05, 0) is 25.1 Å². The summed E-state index contributed by atoms with van der Waals surface area (Å²) in [5.41, 5.74) is -0.0126. The number of carboxylic acids is 1. The summed E-state index contributed by atoms with van der Waals surface area (Å²) in [6.45, 7) is 3.46. The fourth-order valence-corrected chi connectivity index (χ4v) is 1.57. The topological polar surface area (TPSA) is 75.6 Å². The van der Waals surface area contributed by atoms with E-state index in [0.29, 0.717) is 5.75 Å². The normalized spacial score (nSPS) is 11.7. The van der Waals surface area contributed by atoms with Crippen LogP contribution >= 0.6 is 11.6 Å². The van der Waals surface area contributed by atoms with E-state index in [0.717, 1.165) is 0 Å². The van der Waals surface area contributed by atoms with Crippen molar-refractivity contribution in [2.45, 2.75) is 19.9 Å². The SMILES string of the molecule is CC(=O)NC(C)COc1ccc(Cl)c(C(=O)O)c1. The van der Waals surface area contributed by atoms with E-state index >= 15 is 0 Å². The first-order chi connectivity index (χ1) is 8.40. The maximum absolute atomic E-state index is 10.9. The van der Waals surface area contributed by atoms with Crippen LogP contribution in [0.1, 0.15) is 24.2 Å². The molecule has 0 bridgehead atoms. The van der Waals surface area contributed by atoms with Crippen molar-refractivity contribution in [1.29, 1.82) is 0 Å². The van der Waals surface area contributed by atoms with Gasteiger partial charge in [0.1, 0.15) is 12.4 Å². The number of aromatic carboxylic acids is 1. The summed E-state index contributed by atoms with van der Waals surface area (Å²) < 4.78 is 5.38. The highest BCUT2D eigenvalue weighted by atomic mass is 35.5. The van der Waals surface area contributed by atoms with E-state index < -0.39 is 5.97 Å². The lowest BCUT2D eigenvalue weighted by atomic mass is 10.2. The molecule has 1 amide bonds. The number of carboxylic acid groups (broad SMARTS) is 1. The monoisotopic (exact) mass is 271 g/mol. The van der Waals surface area contributed by atoms with E-state index in [-0.39, 0.29) is 29.1 Å². The van der Waals surface area contributed by atoms with Gasteiger partial charge in [0, 0.05) is 6.92 Å². The van der Waals surface area contributed by atoms with Gasteiger partial charge in [-0.2, -0.15) is 0 Å². The highest BCUT2D eigenvalue weighted by Gasteiger charge is 2.11. The van der Waals surface area contributed by atoms with Crippen LogP contribution in [0.15, 0.2) is 18.2 Å². The van der Waals surface area contributed by atoms with Gasteiger partial charge in [0.05, 0.1) is 16.6 Å². The summed E-state index contributed by atoms with van der Waals surface area (Å²) in [6.07, 6.45) is 0. The molecule has 0 aliphatic rings. The Morgan fingerprint density at radius 1 is 1.50 bits per heavy atom. The molecule has 0 aromatic heterocycles. The predicted molar refractivity (Wildman–Crippen MR) is 67.2 cm³/mol. The van der Waals surface area contributed by atoms with Crippen LogP contribution < -0.4 is 10.1 Å². The first-order valence-electron chi connectivity index (χ1n) is 5.33. The highest BCUT2D eigenvalue weighted by Crippen LogP contribution is 2.22. The van der Waals surface area contributed by atoms with Gasteiger partial charge in [-0.1, -0.05) is 11.6 Å². The number of hydrogen-bond donors (Lipinski definition) is 2. The summed E-state index contributed by atoms with van der Waals surface area (Å²) in [4.78, 5) is 21.7. The van der Waals surface area contributed by atoms with Crippen LogP contribution in [-0.4, -0.2) is 29.6 Å². The zero-order chi connectivity index (χ0) is 13.7. The third kappa shape index (κ3) is 4.25. The molecule has 0 saturated carbocycles. The minimum atomic E-state index is -1.11. The lowest BCUT2D eigenvalue weighted by Crippen LogP contribution is -2.35. The summed E-state index contributed by atoms with van der Waals surface area (Å²) in [5, 5.41) is 11.7. The van der Waals surface area contributed by atoms with E-state index in [9.17, 15) is 9.59 Å². The van der Waals surface area contributed by atoms with Crippen molar-refractivity contribution in [3.8, 4) is 5.75 Å². The Bertz CT molecular complexity index is 461. The zero-order valence-corrected chi connectivity index (χ0v) is 10.8. The molecular weight excluding hydrogens is 258 g/mol. The Kier molecular flexibility index (Phi) is 4.97. The second-order valence-corrected chi connectivity index (χ2v) is 4.27. The molecule has 2 N–H and O–H groups in total. The maximum atomic E-state index is 10.9. The molecule has 0 aliphatic heterocycles. The van der Waals surface area contributed by atoms with Crippen molar-refractivity contribution < 1.29 is 19.4 Å². The van der Waals surface area contributed by atoms with Crippen LogP contribution in [0, 0.1) is 0 Å². The largest absolute Gasteiger partial charge is 0.491 e. The van der Waals surface area contributed by atoms with Crippen LogP contribution in [0.25, 0.3) is 0 Å². The van der Waals surface area contributed by atoms with Crippen molar-refractivity contribution in [3.05, 3.63) is 28.8 Å². The molecule has 0 spiro atoms. The van der Waals surface area contributed by atoms with Crippen molar-refractivity contribution in [2.75, 3.05) is 6.61 Å². The molecule has 1 aromatic rings. The predicted octanol–water partition coefficient (Wildman–Crippen LogP) is 1.94. The number of hydrogen-bond acceptors (Lipinski definition) is 3. The van der Waals surface area contributed by atoms with Crippen LogP contribution in [0.3, 0.4) is 0 Å². The second-order valence-electron chi connectivity index (χ2n) is 3.86. The van der Waals surface area contributed by atoms with E-state index in [1.807, 2.05) is 0 Å². The van der Waals surface area contributed by atoms with Crippen LogP contribution in [-0.2, 0) is 4.79 Å². The fraction of sp³-hybridized carbons (Fsp3) is 0.333. The summed E-state index contributed by atoms with van der Waals surface area (Å²) in [5.74, 6) is -0.859. The first-order valence-corrected chi connectivity index (χ1v) is 5.70. The summed E-state index contributed by atoms with van der Waals surface area (Å²) in [7, 11) is 0. The molecular formula is C12H14ClNO4. The Morgan fingerprint density at radius 2 is 2.17 bits per heavy atom. The molecule has 18 heavy (non-hydrogen) atoms. The van der Waals surface area contributed by atoms with E-state index in [1.165, 1.54) is 19.1 Å². The van der Waals surface area contributed by atoms with Crippen molar-refractivity contribution in [2.24, 2.45) is 0 Å².